The second-order valence-corrected chi connectivity index (χ2v) is 14.7. The minimum Gasteiger partial charge on any atom is -0.485 e. The van der Waals surface area contributed by atoms with Crippen LogP contribution in [-0.2, 0) is 19.1 Å². The fourth-order valence-electron chi connectivity index (χ4n) is 5.96. The van der Waals surface area contributed by atoms with Gasteiger partial charge in [-0.15, -0.1) is 0 Å². The number of nitrogens with zero attached hydrogens (tertiary/aromatic N) is 2. The van der Waals surface area contributed by atoms with Crippen molar-refractivity contribution < 1.29 is 28.5 Å². The lowest BCUT2D eigenvalue weighted by molar-refractivity contribution is -0.148. The minimum atomic E-state index is -0.742. The molecule has 6 aromatic rings. The highest BCUT2D eigenvalue weighted by atomic mass is 127. The summed E-state index contributed by atoms with van der Waals surface area (Å²) in [4.78, 5) is 34.3. The number of carbonyl (C=O) groups is 2. The van der Waals surface area contributed by atoms with Crippen molar-refractivity contribution in [2.75, 3.05) is 14.1 Å². The number of carbonyl (C=O) groups excluding carboxylic acids is 2. The number of hydrogen-bond acceptors (Lipinski definition) is 10. The van der Waals surface area contributed by atoms with Crippen LogP contribution in [0.5, 0.6) is 11.5 Å². The zero-order chi connectivity index (χ0) is 37.9. The largest absolute Gasteiger partial charge is 0.485 e. The van der Waals surface area contributed by atoms with Crippen LogP contribution in [0.3, 0.4) is 0 Å². The Kier molecular flexibility index (Phi) is 13.8. The summed E-state index contributed by atoms with van der Waals surface area (Å²) in [6.07, 6.45) is 6.99. The molecule has 0 amide bonds. The first-order chi connectivity index (χ1) is 26.3. The summed E-state index contributed by atoms with van der Waals surface area (Å²) in [5.41, 5.74) is 1.73. The average molecular weight is 949 g/mol. The van der Waals surface area contributed by atoms with Gasteiger partial charge in [0.25, 0.3) is 0 Å². The Morgan fingerprint density at radius 1 is 0.611 bits per heavy atom. The van der Waals surface area contributed by atoms with Crippen molar-refractivity contribution in [1.29, 1.82) is 0 Å². The van der Waals surface area contributed by atoms with Crippen molar-refractivity contribution >= 4 is 78.7 Å². The van der Waals surface area contributed by atoms with E-state index in [2.05, 4.69) is 77.9 Å². The number of aromatic nitrogens is 2. The minimum absolute atomic E-state index is 0.277. The van der Waals surface area contributed by atoms with Crippen molar-refractivity contribution in [1.82, 2.24) is 20.6 Å². The molecule has 0 aliphatic carbocycles. The maximum atomic E-state index is 13.0. The number of pyridine rings is 2. The van der Waals surface area contributed by atoms with E-state index in [9.17, 15) is 9.59 Å². The van der Waals surface area contributed by atoms with E-state index in [1.54, 1.807) is 38.9 Å². The van der Waals surface area contributed by atoms with Crippen molar-refractivity contribution in [2.45, 2.75) is 37.5 Å². The molecule has 276 valence electrons. The number of halogens is 2. The van der Waals surface area contributed by atoms with Gasteiger partial charge < -0.3 is 18.9 Å². The molecule has 0 spiro atoms. The van der Waals surface area contributed by atoms with Gasteiger partial charge >= 0.3 is 11.9 Å². The molecule has 0 aliphatic heterocycles. The molecular formula is C42H38I2N4O6. The fourth-order valence-corrected chi connectivity index (χ4v) is 6.99. The number of benzene rings is 4. The molecule has 4 aromatic carbocycles. The third-order valence-corrected chi connectivity index (χ3v) is 10.0. The third-order valence-electron chi connectivity index (χ3n) is 8.67. The van der Waals surface area contributed by atoms with E-state index >= 15 is 0 Å². The van der Waals surface area contributed by atoms with Crippen LogP contribution >= 0.6 is 45.2 Å². The Morgan fingerprint density at radius 3 is 1.41 bits per heavy atom. The van der Waals surface area contributed by atoms with Crippen molar-refractivity contribution in [3.63, 3.8) is 0 Å². The summed E-state index contributed by atoms with van der Waals surface area (Å²) in [7, 11) is 3.38. The molecule has 0 aliphatic rings. The highest BCUT2D eigenvalue weighted by Crippen LogP contribution is 2.34. The van der Waals surface area contributed by atoms with Crippen LogP contribution in [0.2, 0.25) is 0 Å². The number of nitrogens with one attached hydrogen (secondary N) is 2. The van der Waals surface area contributed by atoms with Crippen LogP contribution in [0.25, 0.3) is 21.5 Å². The van der Waals surface area contributed by atoms with Gasteiger partial charge in [0.1, 0.15) is 23.7 Å². The molecule has 4 unspecified atom stereocenters. The molecule has 0 saturated heterocycles. The predicted molar refractivity (Wildman–Crippen MR) is 225 cm³/mol. The second kappa shape index (κ2) is 19.1. The highest BCUT2D eigenvalue weighted by molar-refractivity contribution is 14.1. The van der Waals surface area contributed by atoms with E-state index in [0.29, 0.717) is 11.5 Å². The smallest absolute Gasteiger partial charge is 0.332 e. The summed E-state index contributed by atoms with van der Waals surface area (Å²) < 4.78 is 26.8. The van der Waals surface area contributed by atoms with Gasteiger partial charge in [-0.2, -0.15) is 0 Å². The molecule has 54 heavy (non-hydrogen) atoms. The van der Waals surface area contributed by atoms with Gasteiger partial charge in [0, 0.05) is 67.7 Å². The summed E-state index contributed by atoms with van der Waals surface area (Å²) in [5, 5.41) is 10.1. The molecule has 0 fully saturated rings. The number of esters is 2. The average Bonchev–Trinajstić information content (AvgIpc) is 3.19. The van der Waals surface area contributed by atoms with Gasteiger partial charge in [-0.3, -0.25) is 20.6 Å². The van der Waals surface area contributed by atoms with E-state index in [-0.39, 0.29) is 12.8 Å². The molecule has 0 bridgehead atoms. The van der Waals surface area contributed by atoms with Gasteiger partial charge in [0.15, 0.2) is 12.5 Å². The summed E-state index contributed by atoms with van der Waals surface area (Å²) >= 11 is 4.58. The maximum absolute atomic E-state index is 13.0. The van der Waals surface area contributed by atoms with E-state index in [4.69, 9.17) is 18.9 Å². The van der Waals surface area contributed by atoms with Gasteiger partial charge in [-0.05, 0) is 154 Å². The molecule has 10 nitrogen and oxygen atoms in total. The highest BCUT2D eigenvalue weighted by Gasteiger charge is 2.24. The molecule has 6 rings (SSSR count). The van der Waals surface area contributed by atoms with Crippen LogP contribution in [0.4, 0.5) is 0 Å². The quantitative estimate of drug-likeness (QED) is 0.0424. The van der Waals surface area contributed by atoms with Gasteiger partial charge in [-0.1, -0.05) is 24.3 Å². The van der Waals surface area contributed by atoms with Crippen molar-refractivity contribution in [3.8, 4) is 11.5 Å². The first-order valence-electron chi connectivity index (χ1n) is 17.2. The molecule has 2 N–H and O–H groups in total. The summed E-state index contributed by atoms with van der Waals surface area (Å²) in [6.45, 7) is 0. The fraction of sp³-hybridized carbons (Fsp3) is 0.190. The SMILES string of the molecule is CNC(CC(Oc1cccc2cc(I)ccc12)c1ccncc1)OC(=O)/C=C\C(=O)OC(CC(Oc1cccc2cc(I)ccc12)c1ccncc1)NC. The summed E-state index contributed by atoms with van der Waals surface area (Å²) in [5.74, 6) is -0.0255. The van der Waals surface area contributed by atoms with E-state index in [1.807, 2.05) is 84.9 Å². The lowest BCUT2D eigenvalue weighted by Crippen LogP contribution is -2.34. The normalized spacial score (nSPS) is 13.6. The van der Waals surface area contributed by atoms with Crippen LogP contribution in [0, 0.1) is 7.14 Å². The number of fused-ring (bicyclic) bond motifs is 2. The number of hydrogen-bond donors (Lipinski definition) is 2. The lowest BCUT2D eigenvalue weighted by atomic mass is 10.1. The Morgan fingerprint density at radius 2 is 1.02 bits per heavy atom. The van der Waals surface area contributed by atoms with Gasteiger partial charge in [0.05, 0.1) is 0 Å². The Balaban J connectivity index is 1.10. The van der Waals surface area contributed by atoms with Crippen LogP contribution in [0.1, 0.15) is 36.2 Å². The Hall–Kier alpha value is -4.64. The monoisotopic (exact) mass is 948 g/mol. The first-order valence-corrected chi connectivity index (χ1v) is 19.4. The number of rotatable bonds is 16. The van der Waals surface area contributed by atoms with E-state index < -0.39 is 36.6 Å². The van der Waals surface area contributed by atoms with Gasteiger partial charge in [0.2, 0.25) is 0 Å². The molecular weight excluding hydrogens is 910 g/mol. The van der Waals surface area contributed by atoms with Crippen LogP contribution in [0.15, 0.2) is 134 Å². The Labute approximate surface area is 340 Å². The van der Waals surface area contributed by atoms with Crippen molar-refractivity contribution in [3.05, 3.63) is 152 Å². The molecule has 2 heterocycles. The predicted octanol–water partition coefficient (Wildman–Crippen LogP) is 8.45. The molecule has 0 radical (unpaired) electrons. The first kappa shape index (κ1) is 39.1. The zero-order valence-electron chi connectivity index (χ0n) is 29.5. The summed E-state index contributed by atoms with van der Waals surface area (Å²) in [6, 6.07) is 31.6. The standard InChI is InChI=1S/C42H38I2N4O6/c1-45-39(25-37(27-15-19-47-20-16-27)51-35-7-3-5-29-23-31(43)9-11-33(29)35)53-41(49)13-14-42(50)54-40(46-2)26-38(28-17-21-48-22-18-28)52-36-8-4-6-30-24-32(44)10-12-34(30)36/h3-24,37-40,45-46H,25-26H2,1-2H3/b14-13-. The topological polar surface area (TPSA) is 121 Å². The van der Waals surface area contributed by atoms with E-state index in [0.717, 1.165) is 52.0 Å². The number of ether oxygens (including phenoxy) is 4. The Bertz CT molecular complexity index is 2070. The van der Waals surface area contributed by atoms with Crippen molar-refractivity contribution in [2.24, 2.45) is 0 Å². The second-order valence-electron chi connectivity index (χ2n) is 12.3. The molecule has 4 atom stereocenters. The maximum Gasteiger partial charge on any atom is 0.332 e. The van der Waals surface area contributed by atoms with Crippen LogP contribution in [-0.4, -0.2) is 48.5 Å². The molecule has 2 aromatic heterocycles. The van der Waals surface area contributed by atoms with Gasteiger partial charge in [-0.25, -0.2) is 9.59 Å². The molecule has 0 saturated carbocycles. The van der Waals surface area contributed by atoms with Crippen LogP contribution < -0.4 is 20.1 Å². The third kappa shape index (κ3) is 10.5. The zero-order valence-corrected chi connectivity index (χ0v) is 33.8. The molecule has 12 heteroatoms. The van der Waals surface area contributed by atoms with E-state index in [1.165, 1.54) is 0 Å². The lowest BCUT2D eigenvalue weighted by Gasteiger charge is -2.25.